The molecule has 0 amide bonds. The van der Waals surface area contributed by atoms with E-state index in [2.05, 4.69) is 51.4 Å². The predicted octanol–water partition coefficient (Wildman–Crippen LogP) is 2.97. The van der Waals surface area contributed by atoms with Gasteiger partial charge in [-0.05, 0) is 45.2 Å². The highest BCUT2D eigenvalue weighted by molar-refractivity contribution is 7.09. The Morgan fingerprint density at radius 2 is 2.12 bits per heavy atom. The average molecular weight is 352 g/mol. The van der Waals surface area contributed by atoms with E-state index in [4.69, 9.17) is 0 Å². The van der Waals surface area contributed by atoms with Crippen molar-refractivity contribution in [1.29, 1.82) is 0 Å². The van der Waals surface area contributed by atoms with Gasteiger partial charge in [0.2, 0.25) is 0 Å². The molecular weight excluding hydrogens is 318 g/mol. The van der Waals surface area contributed by atoms with Crippen molar-refractivity contribution in [2.24, 2.45) is 10.9 Å². The molecule has 2 heterocycles. The molecule has 0 aromatic carbocycles. The Hall–Kier alpha value is -1.14. The van der Waals surface area contributed by atoms with Gasteiger partial charge in [-0.15, -0.1) is 11.3 Å². The van der Waals surface area contributed by atoms with Gasteiger partial charge in [-0.2, -0.15) is 0 Å². The Labute approximate surface area is 151 Å². The lowest BCUT2D eigenvalue weighted by Gasteiger charge is -2.31. The zero-order chi connectivity index (χ0) is 17.5. The lowest BCUT2D eigenvalue weighted by molar-refractivity contribution is 0.211. The molecule has 1 saturated heterocycles. The van der Waals surface area contributed by atoms with Crippen molar-refractivity contribution in [2.45, 2.75) is 52.6 Å². The molecule has 1 aromatic heterocycles. The van der Waals surface area contributed by atoms with Crippen molar-refractivity contribution >= 4 is 17.3 Å². The second kappa shape index (κ2) is 9.37. The Bertz CT molecular complexity index is 519. The molecular formula is C18H33N5S. The minimum absolute atomic E-state index is 0.596. The maximum atomic E-state index is 4.55. The Morgan fingerprint density at radius 3 is 2.67 bits per heavy atom. The van der Waals surface area contributed by atoms with Gasteiger partial charge in [0, 0.05) is 32.1 Å². The van der Waals surface area contributed by atoms with Gasteiger partial charge in [-0.1, -0.05) is 13.8 Å². The van der Waals surface area contributed by atoms with E-state index >= 15 is 0 Å². The van der Waals surface area contributed by atoms with Crippen LogP contribution in [0.25, 0.3) is 0 Å². The topological polar surface area (TPSA) is 43.8 Å². The lowest BCUT2D eigenvalue weighted by Crippen LogP contribution is -2.47. The number of guanidine groups is 1. The van der Waals surface area contributed by atoms with Crippen LogP contribution in [0.4, 0.5) is 0 Å². The van der Waals surface area contributed by atoms with Crippen LogP contribution >= 0.6 is 11.3 Å². The van der Waals surface area contributed by atoms with E-state index in [9.17, 15) is 0 Å². The van der Waals surface area contributed by atoms with Crippen LogP contribution in [0.15, 0.2) is 10.4 Å². The number of hydrogen-bond acceptors (Lipinski definition) is 4. The number of hydrogen-bond donors (Lipinski definition) is 1. The van der Waals surface area contributed by atoms with Crippen LogP contribution in [-0.2, 0) is 6.54 Å². The van der Waals surface area contributed by atoms with Gasteiger partial charge in [0.1, 0.15) is 0 Å². The first-order valence-corrected chi connectivity index (χ1v) is 9.94. The molecule has 1 atom stereocenters. The van der Waals surface area contributed by atoms with E-state index in [1.807, 2.05) is 14.0 Å². The zero-order valence-corrected chi connectivity index (χ0v) is 16.7. The number of rotatable bonds is 7. The summed E-state index contributed by atoms with van der Waals surface area (Å²) in [5.41, 5.74) is 1.11. The molecule has 1 aliphatic heterocycles. The second-order valence-corrected chi connectivity index (χ2v) is 8.23. The zero-order valence-electron chi connectivity index (χ0n) is 15.9. The van der Waals surface area contributed by atoms with E-state index in [1.54, 1.807) is 11.3 Å². The summed E-state index contributed by atoms with van der Waals surface area (Å²) in [6.07, 6.45) is 3.91. The number of aryl methyl sites for hydroxylation is 1. The summed E-state index contributed by atoms with van der Waals surface area (Å²) in [5, 5.41) is 6.84. The summed E-state index contributed by atoms with van der Waals surface area (Å²) in [6, 6.07) is 0.596. The molecule has 0 bridgehead atoms. The minimum Gasteiger partial charge on any atom is -0.355 e. The second-order valence-electron chi connectivity index (χ2n) is 7.17. The highest BCUT2D eigenvalue weighted by Crippen LogP contribution is 2.17. The number of aromatic nitrogens is 1. The molecule has 1 unspecified atom stereocenters. The van der Waals surface area contributed by atoms with E-state index in [1.165, 1.54) is 32.4 Å². The summed E-state index contributed by atoms with van der Waals surface area (Å²) < 4.78 is 0. The summed E-state index contributed by atoms with van der Waals surface area (Å²) in [6.45, 7) is 10.9. The first-order chi connectivity index (χ1) is 11.5. The van der Waals surface area contributed by atoms with Crippen molar-refractivity contribution in [2.75, 3.05) is 33.7 Å². The SMILES string of the molecule is CN=C(NCC(CC(C)C)N1CCCC1)N(C)Cc1csc(C)n1. The third-order valence-corrected chi connectivity index (χ3v) is 5.36. The number of aliphatic imine (C=N–C) groups is 1. The smallest absolute Gasteiger partial charge is 0.193 e. The molecule has 5 nitrogen and oxygen atoms in total. The fourth-order valence-corrected chi connectivity index (χ4v) is 4.01. The minimum atomic E-state index is 0.596. The van der Waals surface area contributed by atoms with Crippen LogP contribution in [0.5, 0.6) is 0 Å². The molecule has 0 aliphatic carbocycles. The van der Waals surface area contributed by atoms with E-state index in [0.29, 0.717) is 6.04 Å². The van der Waals surface area contributed by atoms with Gasteiger partial charge >= 0.3 is 0 Å². The van der Waals surface area contributed by atoms with Crippen LogP contribution in [-0.4, -0.2) is 60.5 Å². The average Bonchev–Trinajstić information content (AvgIpc) is 3.18. The van der Waals surface area contributed by atoms with Crippen LogP contribution < -0.4 is 5.32 Å². The maximum absolute atomic E-state index is 4.55. The van der Waals surface area contributed by atoms with Crippen molar-refractivity contribution in [3.05, 3.63) is 16.1 Å². The van der Waals surface area contributed by atoms with Crippen LogP contribution in [0.3, 0.4) is 0 Å². The first-order valence-electron chi connectivity index (χ1n) is 9.06. The maximum Gasteiger partial charge on any atom is 0.193 e. The Morgan fingerprint density at radius 1 is 1.42 bits per heavy atom. The first kappa shape index (κ1) is 19.2. The van der Waals surface area contributed by atoms with Gasteiger partial charge in [0.25, 0.3) is 0 Å². The van der Waals surface area contributed by atoms with Crippen molar-refractivity contribution in [3.63, 3.8) is 0 Å². The fourth-order valence-electron chi connectivity index (χ4n) is 3.40. The van der Waals surface area contributed by atoms with Gasteiger partial charge in [-0.3, -0.25) is 9.89 Å². The highest BCUT2D eigenvalue weighted by atomic mass is 32.1. The number of nitrogens with zero attached hydrogens (tertiary/aromatic N) is 4. The molecule has 0 spiro atoms. The fraction of sp³-hybridized carbons (Fsp3) is 0.778. The summed E-state index contributed by atoms with van der Waals surface area (Å²) in [4.78, 5) is 13.8. The molecule has 1 aromatic rings. The van der Waals surface area contributed by atoms with Crippen LogP contribution in [0.2, 0.25) is 0 Å². The van der Waals surface area contributed by atoms with Gasteiger partial charge in [0.15, 0.2) is 5.96 Å². The van der Waals surface area contributed by atoms with E-state index < -0.39 is 0 Å². The van der Waals surface area contributed by atoms with Gasteiger partial charge in [0.05, 0.1) is 17.2 Å². The monoisotopic (exact) mass is 351 g/mol. The normalized spacial score (nSPS) is 17.5. The third-order valence-electron chi connectivity index (χ3n) is 4.54. The van der Waals surface area contributed by atoms with Gasteiger partial charge in [-0.25, -0.2) is 4.98 Å². The molecule has 0 saturated carbocycles. The quantitative estimate of drug-likeness (QED) is 0.606. The van der Waals surface area contributed by atoms with E-state index in [-0.39, 0.29) is 0 Å². The molecule has 6 heteroatoms. The third kappa shape index (κ3) is 5.74. The van der Waals surface area contributed by atoms with Crippen molar-refractivity contribution in [3.8, 4) is 0 Å². The van der Waals surface area contributed by atoms with Crippen LogP contribution in [0.1, 0.15) is 43.8 Å². The highest BCUT2D eigenvalue weighted by Gasteiger charge is 2.23. The molecule has 136 valence electrons. The Kier molecular flexibility index (Phi) is 7.49. The standard InChI is InChI=1S/C18H33N5S/c1-14(2)10-17(23-8-6-7-9-23)11-20-18(19-4)22(5)12-16-13-24-15(3)21-16/h13-14,17H,6-12H2,1-5H3,(H,19,20). The predicted molar refractivity (Wildman–Crippen MR) is 104 cm³/mol. The molecule has 2 rings (SSSR count). The van der Waals surface area contributed by atoms with Crippen molar-refractivity contribution < 1.29 is 0 Å². The summed E-state index contributed by atoms with van der Waals surface area (Å²) in [7, 11) is 3.94. The molecule has 1 fully saturated rings. The number of likely N-dealkylation sites (tertiary alicyclic amines) is 1. The number of nitrogens with one attached hydrogen (secondary N) is 1. The lowest BCUT2D eigenvalue weighted by atomic mass is 10.0. The molecule has 1 aliphatic rings. The van der Waals surface area contributed by atoms with Crippen molar-refractivity contribution in [1.82, 2.24) is 20.1 Å². The summed E-state index contributed by atoms with van der Waals surface area (Å²) in [5.74, 6) is 1.67. The summed E-state index contributed by atoms with van der Waals surface area (Å²) >= 11 is 1.70. The Balaban J connectivity index is 1.89. The van der Waals surface area contributed by atoms with E-state index in [0.717, 1.165) is 35.7 Å². The molecule has 0 radical (unpaired) electrons. The molecule has 24 heavy (non-hydrogen) atoms. The van der Waals surface area contributed by atoms with Gasteiger partial charge < -0.3 is 10.2 Å². The largest absolute Gasteiger partial charge is 0.355 e. The van der Waals surface area contributed by atoms with Crippen LogP contribution in [0, 0.1) is 12.8 Å². The number of thiazole rings is 1. The molecule has 1 N–H and O–H groups in total.